The molecule has 3 aliphatic rings. The summed E-state index contributed by atoms with van der Waals surface area (Å²) in [6.45, 7) is 8.72. The molecule has 2 N–H and O–H groups in total. The summed E-state index contributed by atoms with van der Waals surface area (Å²) in [4.78, 5) is 30.7. The SMILES string of the molecule is CCN(/N=C\CC(N)=O)c1ccc2c(c1)CCN(CC(=O)N1CCN(C3CCC3)CC1)C2. The molecule has 1 aliphatic carbocycles. The Morgan fingerprint density at radius 3 is 2.59 bits per heavy atom. The van der Waals surface area contributed by atoms with E-state index in [-0.39, 0.29) is 18.2 Å². The lowest BCUT2D eigenvalue weighted by Gasteiger charge is -2.43. The van der Waals surface area contributed by atoms with Crippen molar-refractivity contribution in [1.29, 1.82) is 0 Å². The fourth-order valence-electron chi connectivity index (χ4n) is 4.83. The molecule has 174 valence electrons. The third-order valence-electron chi connectivity index (χ3n) is 7.01. The van der Waals surface area contributed by atoms with Crippen LogP contribution in [0.5, 0.6) is 0 Å². The Morgan fingerprint density at radius 2 is 1.94 bits per heavy atom. The van der Waals surface area contributed by atoms with Crippen LogP contribution in [-0.4, -0.2) is 84.6 Å². The van der Waals surface area contributed by atoms with Crippen LogP contribution in [0.4, 0.5) is 5.69 Å². The van der Waals surface area contributed by atoms with Crippen LogP contribution in [0.25, 0.3) is 0 Å². The number of amides is 2. The highest BCUT2D eigenvalue weighted by Crippen LogP contribution is 2.27. The zero-order valence-corrected chi connectivity index (χ0v) is 19.2. The molecule has 0 aromatic heterocycles. The number of carbonyl (C=O) groups is 2. The van der Waals surface area contributed by atoms with Gasteiger partial charge in [0, 0.05) is 58.1 Å². The molecule has 8 heteroatoms. The minimum absolute atomic E-state index is 0.139. The van der Waals surface area contributed by atoms with Crippen LogP contribution in [0.1, 0.15) is 43.7 Å². The molecule has 0 radical (unpaired) electrons. The van der Waals surface area contributed by atoms with Gasteiger partial charge in [0.05, 0.1) is 18.7 Å². The number of carbonyl (C=O) groups excluding carboxylic acids is 2. The van der Waals surface area contributed by atoms with Crippen molar-refractivity contribution in [3.63, 3.8) is 0 Å². The maximum Gasteiger partial charge on any atom is 0.236 e. The molecule has 32 heavy (non-hydrogen) atoms. The summed E-state index contributed by atoms with van der Waals surface area (Å²) in [7, 11) is 0. The summed E-state index contributed by atoms with van der Waals surface area (Å²) in [5.74, 6) is -0.121. The fourth-order valence-corrected chi connectivity index (χ4v) is 4.83. The number of hydrogen-bond donors (Lipinski definition) is 1. The van der Waals surface area contributed by atoms with Crippen molar-refractivity contribution in [3.05, 3.63) is 29.3 Å². The second kappa shape index (κ2) is 10.4. The first-order valence-electron chi connectivity index (χ1n) is 12.0. The van der Waals surface area contributed by atoms with E-state index in [9.17, 15) is 9.59 Å². The van der Waals surface area contributed by atoms with Crippen molar-refractivity contribution in [1.82, 2.24) is 14.7 Å². The monoisotopic (exact) mass is 440 g/mol. The molecule has 2 fully saturated rings. The zero-order chi connectivity index (χ0) is 22.5. The molecule has 1 saturated carbocycles. The smallest absolute Gasteiger partial charge is 0.236 e. The maximum absolute atomic E-state index is 12.9. The molecule has 2 amide bonds. The number of nitrogens with zero attached hydrogens (tertiary/aromatic N) is 5. The van der Waals surface area contributed by atoms with Gasteiger partial charge in [-0.05, 0) is 49.4 Å². The summed E-state index contributed by atoms with van der Waals surface area (Å²) >= 11 is 0. The van der Waals surface area contributed by atoms with Crippen LogP contribution in [0, 0.1) is 0 Å². The Morgan fingerprint density at radius 1 is 1.16 bits per heavy atom. The summed E-state index contributed by atoms with van der Waals surface area (Å²) in [6.07, 6.45) is 6.65. The standard InChI is InChI=1S/C24H36N6O2/c1-2-30(26-10-8-23(25)31)22-7-6-20-17-27(11-9-19(20)16-22)18-24(32)29-14-12-28(13-15-29)21-4-3-5-21/h6-7,10,16,21H,2-5,8-9,11-15,17-18H2,1H3,(H2,25,31)/b26-10-. The summed E-state index contributed by atoms with van der Waals surface area (Å²) in [6, 6.07) is 7.16. The molecule has 8 nitrogen and oxygen atoms in total. The number of hydrazone groups is 1. The molecule has 1 aromatic rings. The van der Waals surface area contributed by atoms with E-state index >= 15 is 0 Å². The second-order valence-electron chi connectivity index (χ2n) is 9.10. The summed E-state index contributed by atoms with van der Waals surface area (Å²) in [5, 5.41) is 6.25. The van der Waals surface area contributed by atoms with Crippen LogP contribution in [0.15, 0.2) is 23.3 Å². The molecule has 0 atom stereocenters. The quantitative estimate of drug-likeness (QED) is 0.488. The molecule has 2 aliphatic heterocycles. The van der Waals surface area contributed by atoms with Gasteiger partial charge in [0.15, 0.2) is 0 Å². The van der Waals surface area contributed by atoms with Crippen LogP contribution in [0.3, 0.4) is 0 Å². The largest absolute Gasteiger partial charge is 0.369 e. The first-order chi connectivity index (χ1) is 15.5. The van der Waals surface area contributed by atoms with E-state index in [4.69, 9.17) is 5.73 Å². The Labute approximate surface area is 191 Å². The molecule has 2 heterocycles. The average Bonchev–Trinajstić information content (AvgIpc) is 2.75. The van der Waals surface area contributed by atoms with Gasteiger partial charge in [0.1, 0.15) is 0 Å². The Bertz CT molecular complexity index is 845. The topological polar surface area (TPSA) is 85.5 Å². The lowest BCUT2D eigenvalue weighted by molar-refractivity contribution is -0.135. The van der Waals surface area contributed by atoms with Gasteiger partial charge in [-0.15, -0.1) is 0 Å². The first kappa shape index (κ1) is 22.7. The predicted molar refractivity (Wildman–Crippen MR) is 127 cm³/mol. The Hall–Kier alpha value is -2.45. The first-order valence-corrected chi connectivity index (χ1v) is 12.0. The maximum atomic E-state index is 12.9. The van der Waals surface area contributed by atoms with Crippen LogP contribution in [-0.2, 0) is 22.6 Å². The highest BCUT2D eigenvalue weighted by Gasteiger charge is 2.30. The van der Waals surface area contributed by atoms with E-state index < -0.39 is 0 Å². The van der Waals surface area contributed by atoms with Crippen molar-refractivity contribution in [2.45, 2.75) is 51.6 Å². The molecule has 0 bridgehead atoms. The van der Waals surface area contributed by atoms with Crippen molar-refractivity contribution in [2.24, 2.45) is 10.8 Å². The van der Waals surface area contributed by atoms with E-state index in [0.29, 0.717) is 13.1 Å². The van der Waals surface area contributed by atoms with Crippen molar-refractivity contribution in [3.8, 4) is 0 Å². The van der Waals surface area contributed by atoms with E-state index in [1.807, 2.05) is 11.9 Å². The number of rotatable bonds is 8. The summed E-state index contributed by atoms with van der Waals surface area (Å²) in [5.41, 5.74) is 8.79. The van der Waals surface area contributed by atoms with E-state index in [2.05, 4.69) is 38.0 Å². The van der Waals surface area contributed by atoms with Gasteiger partial charge in [-0.3, -0.25) is 24.4 Å². The van der Waals surface area contributed by atoms with Gasteiger partial charge in [-0.25, -0.2) is 0 Å². The molecule has 0 spiro atoms. The summed E-state index contributed by atoms with van der Waals surface area (Å²) < 4.78 is 0. The third-order valence-corrected chi connectivity index (χ3v) is 7.01. The lowest BCUT2D eigenvalue weighted by Crippen LogP contribution is -2.55. The van der Waals surface area contributed by atoms with E-state index in [0.717, 1.165) is 57.4 Å². The Kier molecular flexibility index (Phi) is 7.42. The van der Waals surface area contributed by atoms with Crippen molar-refractivity contribution < 1.29 is 9.59 Å². The number of fused-ring (bicyclic) bond motifs is 1. The van der Waals surface area contributed by atoms with Gasteiger partial charge in [-0.2, -0.15) is 5.10 Å². The molecule has 0 unspecified atom stereocenters. The molecule has 1 aromatic carbocycles. The third kappa shape index (κ3) is 5.48. The number of primary amides is 1. The average molecular weight is 441 g/mol. The normalized spacial score (nSPS) is 20.2. The molecular weight excluding hydrogens is 404 g/mol. The van der Waals surface area contributed by atoms with E-state index in [1.54, 1.807) is 6.21 Å². The van der Waals surface area contributed by atoms with Gasteiger partial charge in [0.2, 0.25) is 11.8 Å². The number of hydrogen-bond acceptors (Lipinski definition) is 6. The van der Waals surface area contributed by atoms with Gasteiger partial charge in [0.25, 0.3) is 0 Å². The number of piperazine rings is 1. The van der Waals surface area contributed by atoms with Crippen LogP contribution >= 0.6 is 0 Å². The van der Waals surface area contributed by atoms with Gasteiger partial charge >= 0.3 is 0 Å². The minimum Gasteiger partial charge on any atom is -0.369 e. The molecule has 1 saturated heterocycles. The van der Waals surface area contributed by atoms with Crippen LogP contribution in [0.2, 0.25) is 0 Å². The second-order valence-corrected chi connectivity index (χ2v) is 9.10. The number of anilines is 1. The molecule has 4 rings (SSSR count). The van der Waals surface area contributed by atoms with E-state index in [1.165, 1.54) is 30.4 Å². The highest BCUT2D eigenvalue weighted by molar-refractivity contribution is 5.88. The van der Waals surface area contributed by atoms with Gasteiger partial charge in [-0.1, -0.05) is 12.5 Å². The molecular formula is C24H36N6O2. The Balaban J connectivity index is 1.29. The minimum atomic E-state index is -0.384. The van der Waals surface area contributed by atoms with Crippen LogP contribution < -0.4 is 10.7 Å². The van der Waals surface area contributed by atoms with Crippen molar-refractivity contribution >= 4 is 23.7 Å². The zero-order valence-electron chi connectivity index (χ0n) is 19.2. The highest BCUT2D eigenvalue weighted by atomic mass is 16.2. The predicted octanol–water partition coefficient (Wildman–Crippen LogP) is 1.43. The van der Waals surface area contributed by atoms with Crippen molar-refractivity contribution in [2.75, 3.05) is 50.8 Å². The number of nitrogens with two attached hydrogens (primary N) is 1. The lowest BCUT2D eigenvalue weighted by atomic mass is 9.91. The number of benzene rings is 1. The fraction of sp³-hybridized carbons (Fsp3) is 0.625. The van der Waals surface area contributed by atoms with Gasteiger partial charge < -0.3 is 10.6 Å².